The smallest absolute Gasteiger partial charge is 0.382 e. The van der Waals surface area contributed by atoms with Gasteiger partial charge in [0.1, 0.15) is 16.9 Å². The van der Waals surface area contributed by atoms with Crippen molar-refractivity contribution in [2.45, 2.75) is 13.1 Å². The van der Waals surface area contributed by atoms with Crippen LogP contribution in [-0.4, -0.2) is 40.9 Å². The van der Waals surface area contributed by atoms with Gasteiger partial charge in [-0.2, -0.15) is 23.3 Å². The Balaban J connectivity index is 2.76. The Labute approximate surface area is 175 Å². The molecule has 0 aliphatic carbocycles. The molecular weight excluding hydrogens is 463 g/mol. The number of aromatic nitrogens is 2. The summed E-state index contributed by atoms with van der Waals surface area (Å²) in [6.07, 6.45) is -4.43. The van der Waals surface area contributed by atoms with Crippen LogP contribution in [0.1, 0.15) is 12.5 Å². The van der Waals surface area contributed by atoms with Crippen molar-refractivity contribution < 1.29 is 36.9 Å². The molecule has 0 fully saturated rings. The Bertz CT molecular complexity index is 983. The van der Waals surface area contributed by atoms with Crippen molar-refractivity contribution >= 4 is 40.6 Å². The van der Waals surface area contributed by atoms with E-state index in [1.165, 1.54) is 7.11 Å². The van der Waals surface area contributed by atoms with E-state index < -0.39 is 55.6 Å². The van der Waals surface area contributed by atoms with Crippen LogP contribution >= 0.6 is 23.2 Å². The van der Waals surface area contributed by atoms with Gasteiger partial charge in [-0.3, -0.25) is 19.7 Å². The van der Waals surface area contributed by atoms with Gasteiger partial charge in [0.15, 0.2) is 5.82 Å². The molecule has 1 amide bonds. The Hall–Kier alpha value is -2.48. The van der Waals surface area contributed by atoms with E-state index in [1.54, 1.807) is 0 Å². The third kappa shape index (κ3) is 4.64. The molecule has 164 valence electrons. The van der Waals surface area contributed by atoms with Crippen LogP contribution in [0.3, 0.4) is 0 Å². The summed E-state index contributed by atoms with van der Waals surface area (Å²) in [6.45, 7) is 0.744. The van der Waals surface area contributed by atoms with Crippen molar-refractivity contribution in [3.63, 3.8) is 0 Å². The number of alkyl halides is 3. The van der Waals surface area contributed by atoms with Crippen LogP contribution in [0.4, 0.5) is 29.1 Å². The first-order chi connectivity index (χ1) is 13.9. The molecule has 2 rings (SSSR count). The van der Waals surface area contributed by atoms with Gasteiger partial charge in [-0.05, 0) is 6.07 Å². The second-order valence-electron chi connectivity index (χ2n) is 5.54. The molecule has 9 nitrogen and oxygen atoms in total. The number of hydroxylamine groups is 1. The molecule has 15 heteroatoms. The van der Waals surface area contributed by atoms with Crippen molar-refractivity contribution in [1.29, 1.82) is 0 Å². The highest BCUT2D eigenvalue weighted by molar-refractivity contribution is 6.38. The second kappa shape index (κ2) is 9.12. The fourth-order valence-corrected chi connectivity index (χ4v) is 2.93. The average Bonchev–Trinajstić information content (AvgIpc) is 3.05. The zero-order valence-corrected chi connectivity index (χ0v) is 16.7. The lowest BCUT2D eigenvalue weighted by atomic mass is 10.1. The molecule has 0 spiro atoms. The minimum absolute atomic E-state index is 0.0118. The van der Waals surface area contributed by atoms with Gasteiger partial charge in [0.25, 0.3) is 0 Å². The number of amides is 1. The van der Waals surface area contributed by atoms with Crippen LogP contribution in [0.25, 0.3) is 5.69 Å². The molecule has 1 aromatic carbocycles. The molecule has 0 N–H and O–H groups in total. The van der Waals surface area contributed by atoms with Gasteiger partial charge in [0.2, 0.25) is 11.7 Å². The normalized spacial score (nSPS) is 11.6. The van der Waals surface area contributed by atoms with Gasteiger partial charge in [-0.1, -0.05) is 23.2 Å². The molecular formula is C15H12Cl2F4N4O5. The molecule has 0 unspecified atom stereocenters. The van der Waals surface area contributed by atoms with Gasteiger partial charge < -0.3 is 4.74 Å². The number of hydrogen-bond acceptors (Lipinski definition) is 6. The molecule has 1 aromatic heterocycles. The van der Waals surface area contributed by atoms with E-state index in [9.17, 15) is 32.5 Å². The Kier molecular flexibility index (Phi) is 7.23. The molecule has 0 aliphatic rings. The summed E-state index contributed by atoms with van der Waals surface area (Å²) in [6, 6.07) is 0.249. The standard InChI is InChI=1S/C15H12Cl2F4N4O5/c1-7(26)24(30-4-3-29-2)14-10(25(27)28)6-22-23(14)13-9(16)5-8(15(19,20)21)12(18)11(13)17/h5-6H,3-4H2,1-2H3. The third-order valence-corrected chi connectivity index (χ3v) is 4.19. The van der Waals surface area contributed by atoms with E-state index >= 15 is 0 Å². The maximum atomic E-state index is 14.3. The molecule has 0 atom stereocenters. The summed E-state index contributed by atoms with van der Waals surface area (Å²) < 4.78 is 58.6. The molecule has 1 heterocycles. The summed E-state index contributed by atoms with van der Waals surface area (Å²) in [5.74, 6) is -3.40. The van der Waals surface area contributed by atoms with Crippen molar-refractivity contribution in [2.75, 3.05) is 25.4 Å². The van der Waals surface area contributed by atoms with Gasteiger partial charge in [-0.25, -0.2) is 9.07 Å². The Morgan fingerprint density at radius 3 is 2.50 bits per heavy atom. The van der Waals surface area contributed by atoms with Gasteiger partial charge in [-0.15, -0.1) is 0 Å². The van der Waals surface area contributed by atoms with E-state index in [0.717, 1.165) is 6.92 Å². The van der Waals surface area contributed by atoms with Crippen LogP contribution in [-0.2, 0) is 20.5 Å². The lowest BCUT2D eigenvalue weighted by Gasteiger charge is -2.21. The van der Waals surface area contributed by atoms with E-state index in [0.29, 0.717) is 15.9 Å². The number of rotatable bonds is 7. The van der Waals surface area contributed by atoms with Gasteiger partial charge in [0.05, 0.1) is 28.7 Å². The lowest BCUT2D eigenvalue weighted by molar-refractivity contribution is -0.384. The first kappa shape index (κ1) is 23.8. The number of hydrogen-bond donors (Lipinski definition) is 0. The third-order valence-electron chi connectivity index (χ3n) is 3.56. The zero-order chi connectivity index (χ0) is 22.8. The quantitative estimate of drug-likeness (QED) is 0.196. The molecule has 0 bridgehead atoms. The van der Waals surface area contributed by atoms with E-state index in [2.05, 4.69) is 5.10 Å². The van der Waals surface area contributed by atoms with Crippen molar-refractivity contribution in [1.82, 2.24) is 9.78 Å². The van der Waals surface area contributed by atoms with E-state index in [1.807, 2.05) is 0 Å². The number of anilines is 1. The molecule has 2 aromatic rings. The van der Waals surface area contributed by atoms with Crippen LogP contribution < -0.4 is 5.06 Å². The maximum Gasteiger partial charge on any atom is 0.419 e. The predicted octanol–water partition coefficient (Wildman–Crippen LogP) is 4.18. The number of benzene rings is 1. The first-order valence-electron chi connectivity index (χ1n) is 7.81. The fourth-order valence-electron chi connectivity index (χ4n) is 2.31. The SMILES string of the molecule is COCCON(C(C)=O)c1c([N+](=O)[O-])cnn1-c1c(Cl)cc(C(F)(F)F)c(F)c1Cl. The number of nitrogens with zero attached hydrogens (tertiary/aromatic N) is 4. The monoisotopic (exact) mass is 474 g/mol. The van der Waals surface area contributed by atoms with Crippen LogP contribution in [0.2, 0.25) is 10.0 Å². The minimum Gasteiger partial charge on any atom is -0.382 e. The number of carbonyl (C=O) groups is 1. The number of carbonyl (C=O) groups excluding carboxylic acids is 1. The molecule has 30 heavy (non-hydrogen) atoms. The van der Waals surface area contributed by atoms with Crippen LogP contribution in [0.15, 0.2) is 12.3 Å². The fraction of sp³-hybridized carbons (Fsp3) is 0.333. The number of nitro groups is 1. The summed E-state index contributed by atoms with van der Waals surface area (Å²) in [5, 5.41) is 13.6. The van der Waals surface area contributed by atoms with E-state index in [4.69, 9.17) is 32.8 Å². The predicted molar refractivity (Wildman–Crippen MR) is 96.2 cm³/mol. The molecule has 0 saturated carbocycles. The minimum atomic E-state index is -5.11. The summed E-state index contributed by atoms with van der Waals surface area (Å²) >= 11 is 11.6. The van der Waals surface area contributed by atoms with Crippen molar-refractivity contribution in [2.24, 2.45) is 0 Å². The van der Waals surface area contributed by atoms with E-state index in [-0.39, 0.29) is 19.3 Å². The van der Waals surface area contributed by atoms with Crippen molar-refractivity contribution in [3.8, 4) is 5.69 Å². The Morgan fingerprint density at radius 2 is 2.00 bits per heavy atom. The highest BCUT2D eigenvalue weighted by Crippen LogP contribution is 2.42. The number of methoxy groups -OCH3 is 1. The lowest BCUT2D eigenvalue weighted by Crippen LogP contribution is -2.32. The first-order valence-corrected chi connectivity index (χ1v) is 8.57. The summed E-state index contributed by atoms with van der Waals surface area (Å²) in [7, 11) is 1.33. The maximum absolute atomic E-state index is 14.3. The van der Waals surface area contributed by atoms with Crippen LogP contribution in [0.5, 0.6) is 0 Å². The molecule has 0 saturated heterocycles. The Morgan fingerprint density at radius 1 is 1.37 bits per heavy atom. The molecule has 0 aliphatic heterocycles. The second-order valence-corrected chi connectivity index (χ2v) is 6.33. The van der Waals surface area contributed by atoms with Gasteiger partial charge in [0, 0.05) is 14.0 Å². The summed E-state index contributed by atoms with van der Waals surface area (Å²) in [4.78, 5) is 27.6. The van der Waals surface area contributed by atoms with Crippen molar-refractivity contribution in [3.05, 3.63) is 43.8 Å². The largest absolute Gasteiger partial charge is 0.419 e. The highest BCUT2D eigenvalue weighted by atomic mass is 35.5. The topological polar surface area (TPSA) is 99.7 Å². The number of ether oxygens (including phenoxy) is 1. The zero-order valence-electron chi connectivity index (χ0n) is 15.2. The number of halogens is 6. The summed E-state index contributed by atoms with van der Waals surface area (Å²) in [5.41, 5.74) is -3.19. The average molecular weight is 475 g/mol. The highest BCUT2D eigenvalue weighted by Gasteiger charge is 2.38. The molecule has 0 radical (unpaired) electrons. The van der Waals surface area contributed by atoms with Crippen LogP contribution in [0, 0.1) is 15.9 Å². The van der Waals surface area contributed by atoms with Gasteiger partial charge >= 0.3 is 11.9 Å².